The van der Waals surface area contributed by atoms with Gasteiger partial charge in [-0.3, -0.25) is 0 Å². The Bertz CT molecular complexity index is 620. The van der Waals surface area contributed by atoms with Crippen molar-refractivity contribution in [3.05, 3.63) is 18.0 Å². The zero-order valence-corrected chi connectivity index (χ0v) is 21.0. The van der Waals surface area contributed by atoms with Gasteiger partial charge in [-0.1, -0.05) is 33.5 Å². The number of hydrogen-bond donors (Lipinski definition) is 1. The second-order valence-corrected chi connectivity index (χ2v) is 16.6. The molecule has 0 spiro atoms. The first-order valence-corrected chi connectivity index (χ1v) is 16.0. The van der Waals surface area contributed by atoms with Crippen LogP contribution in [0.4, 0.5) is 0 Å². The molecule has 3 rings (SSSR count). The second kappa shape index (κ2) is 11.3. The van der Waals surface area contributed by atoms with E-state index in [1.807, 2.05) is 6.20 Å². The number of aromatic nitrogens is 2. The van der Waals surface area contributed by atoms with E-state index < -0.39 is 8.07 Å². The molecule has 0 amide bonds. The van der Waals surface area contributed by atoms with E-state index in [4.69, 9.17) is 9.47 Å². The summed E-state index contributed by atoms with van der Waals surface area (Å²) in [4.78, 5) is 0. The molecule has 6 heteroatoms. The van der Waals surface area contributed by atoms with Crippen molar-refractivity contribution in [1.29, 1.82) is 0 Å². The fraction of sp³-hybridized carbons (Fsp3) is 0.875. The Morgan fingerprint density at radius 2 is 1.93 bits per heavy atom. The molecular weight excluding hydrogens is 390 g/mol. The largest absolute Gasteiger partial charge is 0.377 e. The van der Waals surface area contributed by atoms with E-state index in [9.17, 15) is 0 Å². The second-order valence-electron chi connectivity index (χ2n) is 11.0. The first-order valence-electron chi connectivity index (χ1n) is 12.3. The summed E-state index contributed by atoms with van der Waals surface area (Å²) >= 11 is 0. The van der Waals surface area contributed by atoms with Gasteiger partial charge in [-0.25, -0.2) is 4.68 Å². The molecule has 172 valence electrons. The summed E-state index contributed by atoms with van der Waals surface area (Å²) in [7, 11) is -1.06. The standard InChI is InChI=1S/C24H45N3O2Si/c1-19(2)20-8-10-21(11-9-20)29-17-23-22(7-6-13-25-23)24-12-14-26-27(24)18-28-15-16-30(3,4)5/h12,14,19-23,25H,6-11,13,15-18H2,1-5H3. The van der Waals surface area contributed by atoms with Crippen molar-refractivity contribution in [3.63, 3.8) is 0 Å². The zero-order valence-electron chi connectivity index (χ0n) is 20.0. The van der Waals surface area contributed by atoms with Crippen molar-refractivity contribution in [3.8, 4) is 0 Å². The molecule has 5 nitrogen and oxygen atoms in total. The number of nitrogens with one attached hydrogen (secondary N) is 1. The lowest BCUT2D eigenvalue weighted by Gasteiger charge is -2.36. The Morgan fingerprint density at radius 3 is 2.63 bits per heavy atom. The predicted molar refractivity (Wildman–Crippen MR) is 127 cm³/mol. The molecule has 0 aromatic carbocycles. The summed E-state index contributed by atoms with van der Waals surface area (Å²) in [6.45, 7) is 15.2. The van der Waals surface area contributed by atoms with Gasteiger partial charge in [0, 0.05) is 38.5 Å². The third-order valence-electron chi connectivity index (χ3n) is 7.10. The van der Waals surface area contributed by atoms with Gasteiger partial charge in [-0.15, -0.1) is 0 Å². The zero-order chi connectivity index (χ0) is 21.6. The van der Waals surface area contributed by atoms with Crippen LogP contribution in [0.25, 0.3) is 0 Å². The highest BCUT2D eigenvalue weighted by Crippen LogP contribution is 2.33. The molecule has 1 saturated heterocycles. The number of rotatable bonds is 10. The average molecular weight is 436 g/mol. The van der Waals surface area contributed by atoms with Gasteiger partial charge in [-0.2, -0.15) is 5.10 Å². The van der Waals surface area contributed by atoms with Crippen LogP contribution in [-0.4, -0.2) is 49.8 Å². The molecule has 0 bridgehead atoms. The minimum absolute atomic E-state index is 0.374. The highest BCUT2D eigenvalue weighted by Gasteiger charge is 2.31. The molecule has 30 heavy (non-hydrogen) atoms. The van der Waals surface area contributed by atoms with Gasteiger partial charge in [0.05, 0.1) is 12.7 Å². The van der Waals surface area contributed by atoms with Crippen molar-refractivity contribution < 1.29 is 9.47 Å². The van der Waals surface area contributed by atoms with E-state index in [1.54, 1.807) is 0 Å². The van der Waals surface area contributed by atoms with E-state index in [2.05, 4.69) is 54.7 Å². The van der Waals surface area contributed by atoms with Crippen molar-refractivity contribution in [2.24, 2.45) is 11.8 Å². The molecule has 1 aromatic heterocycles. The Kier molecular flexibility index (Phi) is 8.99. The Balaban J connectivity index is 1.50. The van der Waals surface area contributed by atoms with Gasteiger partial charge >= 0.3 is 0 Å². The predicted octanol–water partition coefficient (Wildman–Crippen LogP) is 5.26. The van der Waals surface area contributed by atoms with Crippen LogP contribution >= 0.6 is 0 Å². The average Bonchev–Trinajstić information content (AvgIpc) is 3.18. The molecule has 2 heterocycles. The molecule has 2 fully saturated rings. The molecule has 1 aliphatic carbocycles. The van der Waals surface area contributed by atoms with Crippen LogP contribution in [0.5, 0.6) is 0 Å². The first kappa shape index (κ1) is 24.0. The van der Waals surface area contributed by atoms with Gasteiger partial charge in [0.1, 0.15) is 6.73 Å². The summed E-state index contributed by atoms with van der Waals surface area (Å²) in [5.41, 5.74) is 1.30. The van der Waals surface area contributed by atoms with Crippen molar-refractivity contribution in [2.45, 2.75) is 103 Å². The Morgan fingerprint density at radius 1 is 1.17 bits per heavy atom. The Hall–Kier alpha value is -0.693. The lowest BCUT2D eigenvalue weighted by Crippen LogP contribution is -2.45. The molecule has 2 aliphatic rings. The molecule has 0 radical (unpaired) electrons. The summed E-state index contributed by atoms with van der Waals surface area (Å²) < 4.78 is 14.5. The fourth-order valence-corrected chi connectivity index (χ4v) is 5.70. The SMILES string of the molecule is CC(C)C1CCC(OCC2NCCCC2c2ccnn2COCC[Si](C)(C)C)CC1. The summed E-state index contributed by atoms with van der Waals surface area (Å²) in [5, 5.41) is 8.31. The number of piperidine rings is 1. The topological polar surface area (TPSA) is 48.3 Å². The third-order valence-corrected chi connectivity index (χ3v) is 8.80. The number of nitrogens with zero attached hydrogens (tertiary/aromatic N) is 2. The molecular formula is C24H45N3O2Si. The van der Waals surface area contributed by atoms with Crippen LogP contribution < -0.4 is 5.32 Å². The van der Waals surface area contributed by atoms with E-state index in [0.717, 1.165) is 31.6 Å². The monoisotopic (exact) mass is 435 g/mol. The van der Waals surface area contributed by atoms with Gasteiger partial charge in [0.25, 0.3) is 0 Å². The molecule has 1 aromatic rings. The first-order chi connectivity index (χ1) is 14.3. The summed E-state index contributed by atoms with van der Waals surface area (Å²) in [6, 6.07) is 3.75. The van der Waals surface area contributed by atoms with E-state index >= 15 is 0 Å². The maximum atomic E-state index is 6.44. The highest BCUT2D eigenvalue weighted by molar-refractivity contribution is 6.76. The minimum atomic E-state index is -1.06. The molecule has 2 unspecified atom stereocenters. The van der Waals surface area contributed by atoms with Crippen molar-refractivity contribution in [1.82, 2.24) is 15.1 Å². The maximum Gasteiger partial charge on any atom is 0.139 e. The van der Waals surface area contributed by atoms with Crippen LogP contribution in [0.15, 0.2) is 12.3 Å². The smallest absolute Gasteiger partial charge is 0.139 e. The van der Waals surface area contributed by atoms with E-state index in [1.165, 1.54) is 50.3 Å². The highest BCUT2D eigenvalue weighted by atomic mass is 28.3. The number of ether oxygens (including phenoxy) is 2. The normalized spacial score (nSPS) is 28.2. The minimum Gasteiger partial charge on any atom is -0.377 e. The third kappa shape index (κ3) is 7.18. The molecule has 1 aliphatic heterocycles. The molecule has 2 atom stereocenters. The van der Waals surface area contributed by atoms with Crippen LogP contribution in [0, 0.1) is 11.8 Å². The fourth-order valence-electron chi connectivity index (χ4n) is 4.94. The van der Waals surface area contributed by atoms with Gasteiger partial charge in [0.2, 0.25) is 0 Å². The van der Waals surface area contributed by atoms with Gasteiger partial charge in [0.15, 0.2) is 0 Å². The van der Waals surface area contributed by atoms with Crippen LogP contribution in [-0.2, 0) is 16.2 Å². The van der Waals surface area contributed by atoms with Gasteiger partial charge < -0.3 is 14.8 Å². The van der Waals surface area contributed by atoms with Crippen molar-refractivity contribution >= 4 is 8.07 Å². The lowest BCUT2D eigenvalue weighted by atomic mass is 9.80. The van der Waals surface area contributed by atoms with E-state index in [0.29, 0.717) is 24.8 Å². The van der Waals surface area contributed by atoms with Crippen LogP contribution in [0.2, 0.25) is 25.7 Å². The van der Waals surface area contributed by atoms with Gasteiger partial charge in [-0.05, 0) is 69.0 Å². The maximum absolute atomic E-state index is 6.44. The van der Waals surface area contributed by atoms with Crippen LogP contribution in [0.1, 0.15) is 64.0 Å². The lowest BCUT2D eigenvalue weighted by molar-refractivity contribution is -0.00470. The van der Waals surface area contributed by atoms with Crippen LogP contribution in [0.3, 0.4) is 0 Å². The summed E-state index contributed by atoms with van der Waals surface area (Å²) in [6.07, 6.45) is 9.88. The molecule has 1 saturated carbocycles. The summed E-state index contributed by atoms with van der Waals surface area (Å²) in [5.74, 6) is 2.15. The molecule has 1 N–H and O–H groups in total. The number of hydrogen-bond acceptors (Lipinski definition) is 4. The van der Waals surface area contributed by atoms with Crippen molar-refractivity contribution in [2.75, 3.05) is 19.8 Å². The van der Waals surface area contributed by atoms with E-state index in [-0.39, 0.29) is 0 Å². The Labute approximate surface area is 185 Å². The quantitative estimate of drug-likeness (QED) is 0.402.